The zero-order valence-corrected chi connectivity index (χ0v) is 17.6. The van der Waals surface area contributed by atoms with Gasteiger partial charge < -0.3 is 14.8 Å². The lowest BCUT2D eigenvalue weighted by molar-refractivity contribution is -0.136. The van der Waals surface area contributed by atoms with Crippen LogP contribution < -0.4 is 0 Å². The molecule has 2 N–H and O–H groups in total. The molecule has 2 heterocycles. The monoisotopic (exact) mass is 446 g/mol. The van der Waals surface area contributed by atoms with Gasteiger partial charge >= 0.3 is 5.97 Å². The molecule has 1 unspecified atom stereocenters. The number of carbonyl (C=O) groups is 1. The maximum Gasteiger partial charge on any atom is 0.307 e. The Morgan fingerprint density at radius 2 is 1.87 bits per heavy atom. The van der Waals surface area contributed by atoms with Gasteiger partial charge in [-0.1, -0.05) is 18.2 Å². The summed E-state index contributed by atoms with van der Waals surface area (Å²) >= 11 is 0. The highest BCUT2D eigenvalue weighted by Crippen LogP contribution is 2.33. The largest absolute Gasteiger partial charge is 0.481 e. The summed E-state index contributed by atoms with van der Waals surface area (Å²) in [5, 5.41) is 19.8. The first-order chi connectivity index (χ1) is 14.8. The van der Waals surface area contributed by atoms with Gasteiger partial charge in [0.25, 0.3) is 0 Å². The van der Waals surface area contributed by atoms with E-state index in [-0.39, 0.29) is 24.5 Å². The van der Waals surface area contributed by atoms with E-state index in [1.54, 1.807) is 0 Å². The van der Waals surface area contributed by atoms with E-state index < -0.39 is 27.9 Å². The molecule has 0 bridgehead atoms. The smallest absolute Gasteiger partial charge is 0.307 e. The summed E-state index contributed by atoms with van der Waals surface area (Å²) in [6, 6.07) is 11.7. The fourth-order valence-corrected chi connectivity index (χ4v) is 6.09. The molecule has 3 aromatic rings. The van der Waals surface area contributed by atoms with E-state index in [1.807, 2.05) is 28.8 Å². The van der Waals surface area contributed by atoms with E-state index in [1.165, 1.54) is 16.4 Å². The van der Waals surface area contributed by atoms with Gasteiger partial charge in [0, 0.05) is 35.7 Å². The minimum atomic E-state index is -3.95. The number of carboxylic acid groups (broad SMARTS) is 1. The highest BCUT2D eigenvalue weighted by atomic mass is 32.2. The Morgan fingerprint density at radius 1 is 1.16 bits per heavy atom. The van der Waals surface area contributed by atoms with Gasteiger partial charge in [0.2, 0.25) is 10.0 Å². The molecule has 164 valence electrons. The molecule has 4 rings (SSSR count). The van der Waals surface area contributed by atoms with E-state index >= 15 is 0 Å². The van der Waals surface area contributed by atoms with Gasteiger partial charge in [0.05, 0.1) is 17.9 Å². The highest BCUT2D eigenvalue weighted by Gasteiger charge is 2.35. The van der Waals surface area contributed by atoms with E-state index in [4.69, 9.17) is 0 Å². The first kappa shape index (κ1) is 21.5. The fourth-order valence-electron chi connectivity index (χ4n) is 4.45. The van der Waals surface area contributed by atoms with E-state index in [9.17, 15) is 27.8 Å². The van der Waals surface area contributed by atoms with Crippen LogP contribution in [0.2, 0.25) is 0 Å². The van der Waals surface area contributed by atoms with Gasteiger partial charge in [-0.25, -0.2) is 12.8 Å². The summed E-state index contributed by atoms with van der Waals surface area (Å²) in [5.74, 6) is -1.44. The molecule has 0 radical (unpaired) electrons. The van der Waals surface area contributed by atoms with Crippen LogP contribution in [-0.2, 0) is 34.2 Å². The predicted molar refractivity (Wildman–Crippen MR) is 113 cm³/mol. The quantitative estimate of drug-likeness (QED) is 0.581. The Morgan fingerprint density at radius 3 is 2.55 bits per heavy atom. The first-order valence-electron chi connectivity index (χ1n) is 10.0. The van der Waals surface area contributed by atoms with Crippen molar-refractivity contribution in [3.05, 3.63) is 65.6 Å². The minimum absolute atomic E-state index is 0.0305. The molecule has 2 aromatic carbocycles. The van der Waals surface area contributed by atoms with Gasteiger partial charge in [-0.2, -0.15) is 4.31 Å². The molecule has 31 heavy (non-hydrogen) atoms. The van der Waals surface area contributed by atoms with Crippen LogP contribution in [-0.4, -0.2) is 52.7 Å². The summed E-state index contributed by atoms with van der Waals surface area (Å²) in [6.45, 7) is -0.0861. The van der Waals surface area contributed by atoms with Gasteiger partial charge in [-0.15, -0.1) is 0 Å². The predicted octanol–water partition coefficient (Wildman–Crippen LogP) is 2.41. The van der Waals surface area contributed by atoms with Gasteiger partial charge in [-0.05, 0) is 48.7 Å². The number of rotatable bonds is 7. The Hall–Kier alpha value is -2.75. The van der Waals surface area contributed by atoms with Gasteiger partial charge in [-0.3, -0.25) is 4.79 Å². The molecular weight excluding hydrogens is 423 g/mol. The number of carboxylic acids is 1. The molecule has 7 nitrogen and oxygen atoms in total. The first-order valence-corrected chi connectivity index (χ1v) is 11.5. The van der Waals surface area contributed by atoms with Crippen molar-refractivity contribution in [2.24, 2.45) is 0 Å². The molecule has 0 amide bonds. The molecule has 1 aromatic heterocycles. The summed E-state index contributed by atoms with van der Waals surface area (Å²) in [5.41, 5.74) is 2.53. The van der Waals surface area contributed by atoms with Crippen molar-refractivity contribution in [1.29, 1.82) is 0 Å². The van der Waals surface area contributed by atoms with Crippen molar-refractivity contribution in [3.63, 3.8) is 0 Å². The number of sulfonamides is 1. The number of aromatic nitrogens is 1. The van der Waals surface area contributed by atoms with E-state index in [0.29, 0.717) is 19.4 Å². The lowest BCUT2D eigenvalue weighted by Crippen LogP contribution is -2.46. The Bertz CT molecular complexity index is 1220. The molecule has 0 aliphatic carbocycles. The molecule has 1 aliphatic heterocycles. The fraction of sp³-hybridized carbons (Fsp3) is 0.318. The molecule has 1 atom stereocenters. The molecule has 0 saturated heterocycles. The lowest BCUT2D eigenvalue weighted by atomic mass is 10.00. The minimum Gasteiger partial charge on any atom is -0.481 e. The Labute approximate surface area is 179 Å². The van der Waals surface area contributed by atoms with Crippen molar-refractivity contribution >= 4 is 26.9 Å². The molecule has 9 heteroatoms. The van der Waals surface area contributed by atoms with Crippen molar-refractivity contribution < 1.29 is 27.8 Å². The second-order valence-electron chi connectivity index (χ2n) is 7.61. The zero-order chi connectivity index (χ0) is 22.2. The number of aliphatic hydroxyl groups excluding tert-OH is 1. The van der Waals surface area contributed by atoms with Crippen LogP contribution in [0.1, 0.15) is 17.7 Å². The molecule has 0 spiro atoms. The van der Waals surface area contributed by atoms with Crippen molar-refractivity contribution in [2.45, 2.75) is 36.7 Å². The average molecular weight is 447 g/mol. The second-order valence-corrected chi connectivity index (χ2v) is 9.50. The number of para-hydroxylation sites is 1. The third-order valence-corrected chi connectivity index (χ3v) is 7.74. The maximum absolute atomic E-state index is 13.3. The molecule has 1 aliphatic rings. The number of halogens is 1. The van der Waals surface area contributed by atoms with Gasteiger partial charge in [0.1, 0.15) is 5.82 Å². The summed E-state index contributed by atoms with van der Waals surface area (Å²) in [4.78, 5) is 11.4. The van der Waals surface area contributed by atoms with Crippen molar-refractivity contribution in [1.82, 2.24) is 8.87 Å². The third-order valence-electron chi connectivity index (χ3n) is 5.78. The number of aliphatic carboxylic acids is 1. The van der Waals surface area contributed by atoms with Crippen LogP contribution in [0.3, 0.4) is 0 Å². The number of hydrogen-bond acceptors (Lipinski definition) is 4. The normalized spacial score (nSPS) is 16.5. The second kappa shape index (κ2) is 8.41. The van der Waals surface area contributed by atoms with E-state index in [0.717, 1.165) is 34.3 Å². The van der Waals surface area contributed by atoms with Crippen LogP contribution in [0.4, 0.5) is 4.39 Å². The molecular formula is C22H23FN2O5S. The summed E-state index contributed by atoms with van der Waals surface area (Å²) in [7, 11) is -3.95. The number of aliphatic hydroxyl groups is 1. The maximum atomic E-state index is 13.3. The van der Waals surface area contributed by atoms with Crippen LogP contribution >= 0.6 is 0 Å². The van der Waals surface area contributed by atoms with Crippen molar-refractivity contribution in [3.8, 4) is 0 Å². The summed E-state index contributed by atoms with van der Waals surface area (Å²) in [6.07, 6.45) is 0.911. The highest BCUT2D eigenvalue weighted by molar-refractivity contribution is 7.89. The van der Waals surface area contributed by atoms with Crippen LogP contribution in [0.15, 0.2) is 53.4 Å². The molecule has 0 fully saturated rings. The Kier molecular flexibility index (Phi) is 5.83. The van der Waals surface area contributed by atoms with Gasteiger partial charge in [0.15, 0.2) is 0 Å². The number of nitrogens with zero attached hydrogens (tertiary/aromatic N) is 2. The van der Waals surface area contributed by atoms with Crippen LogP contribution in [0.25, 0.3) is 10.9 Å². The van der Waals surface area contributed by atoms with E-state index in [2.05, 4.69) is 0 Å². The average Bonchev–Trinajstić information content (AvgIpc) is 3.05. The number of hydrogen-bond donors (Lipinski definition) is 2. The summed E-state index contributed by atoms with van der Waals surface area (Å²) < 4.78 is 43.1. The van der Waals surface area contributed by atoms with Crippen molar-refractivity contribution in [2.75, 3.05) is 13.2 Å². The SMILES string of the molecule is O=C(O)Cc1c2n(c3ccccc13)CC(N(CCO)S(=O)(=O)c1ccc(F)cc1)CC2. The zero-order valence-electron chi connectivity index (χ0n) is 16.7. The number of benzene rings is 2. The third kappa shape index (κ3) is 3.96. The number of fused-ring (bicyclic) bond motifs is 3. The topological polar surface area (TPSA) is 99.8 Å². The Balaban J connectivity index is 1.74. The van der Waals surface area contributed by atoms with Crippen LogP contribution in [0, 0.1) is 5.82 Å². The standard InChI is InChI=1S/C22H23FN2O5S/c23-15-5-8-17(9-6-15)31(29,30)25(11-12-26)16-7-10-21-19(13-22(27)28)18-3-1-2-4-20(18)24(21)14-16/h1-6,8-9,16,26H,7,10-14H2,(H,27,28). The van der Waals surface area contributed by atoms with Crippen LogP contribution in [0.5, 0.6) is 0 Å². The molecule has 0 saturated carbocycles. The lowest BCUT2D eigenvalue weighted by Gasteiger charge is -2.34.